The molecule has 0 aromatic heterocycles. The summed E-state index contributed by atoms with van der Waals surface area (Å²) in [4.78, 5) is 12.0. The van der Waals surface area contributed by atoms with Gasteiger partial charge < -0.3 is 15.1 Å². The Morgan fingerprint density at radius 2 is 1.82 bits per heavy atom. The highest BCUT2D eigenvalue weighted by molar-refractivity contribution is 5.80. The molecule has 0 saturated carbocycles. The third-order valence-electron chi connectivity index (χ3n) is 6.21. The van der Waals surface area contributed by atoms with Crippen LogP contribution in [0.5, 0.6) is 0 Å². The van der Waals surface area contributed by atoms with Crippen LogP contribution in [0.15, 0.2) is 29.3 Å². The van der Waals surface area contributed by atoms with E-state index in [4.69, 9.17) is 0 Å². The number of hydrogen-bond donors (Lipinski definition) is 1. The van der Waals surface area contributed by atoms with Gasteiger partial charge in [0.2, 0.25) is 0 Å². The SMILES string of the molecule is CN=C(NCC1CCCN(C)C1)N1CCN(Cc2ccc(C(C)C)cc2)CC1. The zero-order valence-corrected chi connectivity index (χ0v) is 18.3. The maximum Gasteiger partial charge on any atom is 0.193 e. The van der Waals surface area contributed by atoms with Crippen LogP contribution in [0.4, 0.5) is 0 Å². The first kappa shape index (κ1) is 21.1. The number of piperidine rings is 1. The molecule has 2 aliphatic rings. The Kier molecular flexibility index (Phi) is 7.74. The van der Waals surface area contributed by atoms with Crippen molar-refractivity contribution < 1.29 is 0 Å². The summed E-state index contributed by atoms with van der Waals surface area (Å²) in [5.74, 6) is 2.42. The minimum absolute atomic E-state index is 0.603. The first-order chi connectivity index (χ1) is 13.5. The highest BCUT2D eigenvalue weighted by Gasteiger charge is 2.22. The molecule has 2 aliphatic heterocycles. The van der Waals surface area contributed by atoms with Gasteiger partial charge in [0.25, 0.3) is 0 Å². The standard InChI is InChI=1S/C23H39N5/c1-19(2)22-9-7-20(8-10-22)18-27-12-14-28(15-13-27)23(24-3)25-16-21-6-5-11-26(4)17-21/h7-10,19,21H,5-6,11-18H2,1-4H3,(H,24,25). The molecule has 2 fully saturated rings. The molecular weight excluding hydrogens is 346 g/mol. The van der Waals surface area contributed by atoms with Crippen molar-refractivity contribution in [1.29, 1.82) is 0 Å². The lowest BCUT2D eigenvalue weighted by Crippen LogP contribution is -2.53. The topological polar surface area (TPSA) is 34.1 Å². The zero-order valence-electron chi connectivity index (χ0n) is 18.3. The smallest absolute Gasteiger partial charge is 0.193 e. The van der Waals surface area contributed by atoms with E-state index in [1.165, 1.54) is 37.1 Å². The molecule has 0 radical (unpaired) electrons. The van der Waals surface area contributed by atoms with Crippen molar-refractivity contribution >= 4 is 5.96 Å². The summed E-state index contributed by atoms with van der Waals surface area (Å²) in [6, 6.07) is 9.15. The van der Waals surface area contributed by atoms with Crippen LogP contribution >= 0.6 is 0 Å². The number of hydrogen-bond acceptors (Lipinski definition) is 3. The molecule has 1 N–H and O–H groups in total. The van der Waals surface area contributed by atoms with Gasteiger partial charge in [0, 0.05) is 52.9 Å². The van der Waals surface area contributed by atoms with Crippen LogP contribution in [0.25, 0.3) is 0 Å². The van der Waals surface area contributed by atoms with Gasteiger partial charge in [-0.15, -0.1) is 0 Å². The number of nitrogens with zero attached hydrogens (tertiary/aromatic N) is 4. The van der Waals surface area contributed by atoms with Crippen LogP contribution in [0.1, 0.15) is 43.7 Å². The molecule has 0 spiro atoms. The van der Waals surface area contributed by atoms with Crippen LogP contribution in [0.3, 0.4) is 0 Å². The maximum absolute atomic E-state index is 4.55. The van der Waals surface area contributed by atoms with Gasteiger partial charge in [0.1, 0.15) is 0 Å². The molecule has 2 saturated heterocycles. The van der Waals surface area contributed by atoms with Crippen molar-refractivity contribution in [2.75, 3.05) is 59.9 Å². The number of aliphatic imine (C=N–C) groups is 1. The van der Waals surface area contributed by atoms with Gasteiger partial charge in [-0.1, -0.05) is 38.1 Å². The number of nitrogens with one attached hydrogen (secondary N) is 1. The highest BCUT2D eigenvalue weighted by Crippen LogP contribution is 2.17. The lowest BCUT2D eigenvalue weighted by Gasteiger charge is -2.37. The lowest BCUT2D eigenvalue weighted by molar-refractivity contribution is 0.170. The van der Waals surface area contributed by atoms with Crippen molar-refractivity contribution in [1.82, 2.24) is 20.0 Å². The fourth-order valence-electron chi connectivity index (χ4n) is 4.39. The largest absolute Gasteiger partial charge is 0.356 e. The number of benzene rings is 1. The summed E-state index contributed by atoms with van der Waals surface area (Å²) in [6.45, 7) is 13.3. The molecule has 0 bridgehead atoms. The fourth-order valence-corrected chi connectivity index (χ4v) is 4.39. The van der Waals surface area contributed by atoms with Gasteiger partial charge in [-0.05, 0) is 49.4 Å². The number of piperazine rings is 1. The first-order valence-corrected chi connectivity index (χ1v) is 11.0. The molecule has 28 heavy (non-hydrogen) atoms. The second-order valence-corrected chi connectivity index (χ2v) is 8.86. The average molecular weight is 386 g/mol. The van der Waals surface area contributed by atoms with E-state index in [2.05, 4.69) is 70.2 Å². The molecule has 1 unspecified atom stereocenters. The number of likely N-dealkylation sites (tertiary alicyclic amines) is 1. The van der Waals surface area contributed by atoms with Crippen molar-refractivity contribution in [3.63, 3.8) is 0 Å². The Morgan fingerprint density at radius 3 is 2.43 bits per heavy atom. The van der Waals surface area contributed by atoms with E-state index in [1.54, 1.807) is 0 Å². The van der Waals surface area contributed by atoms with E-state index in [9.17, 15) is 0 Å². The van der Waals surface area contributed by atoms with E-state index in [1.807, 2.05) is 7.05 Å². The molecule has 2 heterocycles. The van der Waals surface area contributed by atoms with Crippen molar-refractivity contribution in [2.24, 2.45) is 10.9 Å². The monoisotopic (exact) mass is 385 g/mol. The van der Waals surface area contributed by atoms with E-state index >= 15 is 0 Å². The summed E-state index contributed by atoms with van der Waals surface area (Å²) >= 11 is 0. The first-order valence-electron chi connectivity index (χ1n) is 11.0. The maximum atomic E-state index is 4.55. The second-order valence-electron chi connectivity index (χ2n) is 8.86. The normalized spacial score (nSPS) is 22.7. The van der Waals surface area contributed by atoms with Crippen LogP contribution in [-0.2, 0) is 6.54 Å². The van der Waals surface area contributed by atoms with Crippen molar-refractivity contribution in [2.45, 2.75) is 39.2 Å². The summed E-state index contributed by atoms with van der Waals surface area (Å²) in [5, 5.41) is 3.64. The van der Waals surface area contributed by atoms with Gasteiger partial charge in [-0.25, -0.2) is 0 Å². The molecule has 1 atom stereocenters. The van der Waals surface area contributed by atoms with Gasteiger partial charge >= 0.3 is 0 Å². The molecule has 1 aromatic rings. The van der Waals surface area contributed by atoms with E-state index in [-0.39, 0.29) is 0 Å². The van der Waals surface area contributed by atoms with Gasteiger partial charge in [-0.2, -0.15) is 0 Å². The molecule has 5 heteroatoms. The van der Waals surface area contributed by atoms with Crippen LogP contribution in [0, 0.1) is 5.92 Å². The quantitative estimate of drug-likeness (QED) is 0.624. The van der Waals surface area contributed by atoms with E-state index in [0.29, 0.717) is 5.92 Å². The summed E-state index contributed by atoms with van der Waals surface area (Å²) in [5.41, 5.74) is 2.84. The minimum Gasteiger partial charge on any atom is -0.356 e. The molecular formula is C23H39N5. The third kappa shape index (κ3) is 5.95. The predicted molar refractivity (Wildman–Crippen MR) is 119 cm³/mol. The Bertz CT molecular complexity index is 616. The highest BCUT2D eigenvalue weighted by atomic mass is 15.3. The average Bonchev–Trinajstić information content (AvgIpc) is 2.70. The molecule has 5 nitrogen and oxygen atoms in total. The Labute approximate surface area is 171 Å². The molecule has 1 aromatic carbocycles. The minimum atomic E-state index is 0.603. The van der Waals surface area contributed by atoms with Gasteiger partial charge in [0.15, 0.2) is 5.96 Å². The van der Waals surface area contributed by atoms with Crippen LogP contribution in [0.2, 0.25) is 0 Å². The Hall–Kier alpha value is -1.59. The summed E-state index contributed by atoms with van der Waals surface area (Å²) < 4.78 is 0. The van der Waals surface area contributed by atoms with Crippen LogP contribution < -0.4 is 5.32 Å². The Morgan fingerprint density at radius 1 is 1.11 bits per heavy atom. The Balaban J connectivity index is 1.43. The van der Waals surface area contributed by atoms with E-state index in [0.717, 1.165) is 51.1 Å². The second kappa shape index (κ2) is 10.3. The number of rotatable bonds is 5. The van der Waals surface area contributed by atoms with E-state index < -0.39 is 0 Å². The lowest BCUT2D eigenvalue weighted by atomic mass is 9.98. The van der Waals surface area contributed by atoms with Crippen LogP contribution in [-0.4, -0.2) is 80.6 Å². The zero-order chi connectivity index (χ0) is 19.9. The van der Waals surface area contributed by atoms with Gasteiger partial charge in [-0.3, -0.25) is 9.89 Å². The predicted octanol–water partition coefficient (Wildman–Crippen LogP) is 2.84. The fraction of sp³-hybridized carbons (Fsp3) is 0.696. The molecule has 156 valence electrons. The summed E-state index contributed by atoms with van der Waals surface area (Å²) in [7, 11) is 4.15. The molecule has 0 amide bonds. The number of guanidine groups is 1. The van der Waals surface area contributed by atoms with Crippen molar-refractivity contribution in [3.05, 3.63) is 35.4 Å². The van der Waals surface area contributed by atoms with Gasteiger partial charge in [0.05, 0.1) is 0 Å². The summed E-state index contributed by atoms with van der Waals surface area (Å²) in [6.07, 6.45) is 2.65. The molecule has 0 aliphatic carbocycles. The third-order valence-corrected chi connectivity index (χ3v) is 6.21. The molecule has 3 rings (SSSR count). The van der Waals surface area contributed by atoms with Crippen molar-refractivity contribution in [3.8, 4) is 0 Å².